The minimum Gasteiger partial charge on any atom is -0.385 e. The molecule has 3 N–H and O–H groups in total. The van der Waals surface area contributed by atoms with Gasteiger partial charge >= 0.3 is 0 Å². The number of halogens is 3. The summed E-state index contributed by atoms with van der Waals surface area (Å²) in [5.74, 6) is -1.84. The highest BCUT2D eigenvalue weighted by atomic mass is 79.9. The van der Waals surface area contributed by atoms with Crippen molar-refractivity contribution in [2.75, 3.05) is 25.0 Å². The molecule has 0 spiro atoms. The molecule has 0 unspecified atom stereocenters. The van der Waals surface area contributed by atoms with Gasteiger partial charge in [-0.25, -0.2) is 8.78 Å². The number of carbonyl (C=O) groups is 1. The predicted molar refractivity (Wildman–Crippen MR) is 128 cm³/mol. The van der Waals surface area contributed by atoms with E-state index in [1.807, 2.05) is 0 Å². The molecule has 2 aliphatic heterocycles. The van der Waals surface area contributed by atoms with E-state index in [-0.39, 0.29) is 41.6 Å². The van der Waals surface area contributed by atoms with Crippen LogP contribution in [0.3, 0.4) is 0 Å². The first-order chi connectivity index (χ1) is 16.3. The molecule has 10 heteroatoms. The highest BCUT2D eigenvalue weighted by molar-refractivity contribution is 9.10. The largest absolute Gasteiger partial charge is 0.385 e. The summed E-state index contributed by atoms with van der Waals surface area (Å²) in [6.07, 6.45) is 4.43. The molecule has 2 aromatic carbocycles. The quantitative estimate of drug-likeness (QED) is 0.470. The second-order valence-corrected chi connectivity index (χ2v) is 9.97. The molecule has 1 atom stereocenters. The summed E-state index contributed by atoms with van der Waals surface area (Å²) in [6, 6.07) is 5.80. The van der Waals surface area contributed by atoms with Crippen molar-refractivity contribution in [3.05, 3.63) is 57.7 Å². The molecule has 7 nitrogen and oxygen atoms in total. The van der Waals surface area contributed by atoms with Gasteiger partial charge in [0.05, 0.1) is 36.2 Å². The maximum Gasteiger partial charge on any atom is 0.256 e. The first-order valence-electron chi connectivity index (χ1n) is 11.2. The van der Waals surface area contributed by atoms with Gasteiger partial charge in [-0.15, -0.1) is 5.10 Å². The third-order valence-corrected chi connectivity index (χ3v) is 7.16. The molecule has 2 fully saturated rings. The second kappa shape index (κ2) is 8.83. The van der Waals surface area contributed by atoms with Crippen molar-refractivity contribution in [3.63, 3.8) is 0 Å². The number of rotatable bonds is 4. The summed E-state index contributed by atoms with van der Waals surface area (Å²) in [4.78, 5) is 15.0. The van der Waals surface area contributed by atoms with Gasteiger partial charge in [0, 0.05) is 15.9 Å². The molecule has 178 valence electrons. The van der Waals surface area contributed by atoms with E-state index in [2.05, 4.69) is 36.8 Å². The number of aliphatic hydroxyl groups is 1. The van der Waals surface area contributed by atoms with Gasteiger partial charge in [-0.2, -0.15) is 5.10 Å². The number of benzene rings is 2. The van der Waals surface area contributed by atoms with Crippen LogP contribution < -0.4 is 10.6 Å². The molecule has 1 amide bonds. The number of fused-ring (bicyclic) bond motifs is 1. The molecule has 1 aromatic heterocycles. The van der Waals surface area contributed by atoms with E-state index < -0.39 is 23.1 Å². The normalized spacial score (nSPS) is 19.7. The number of amides is 1. The number of piperidine rings is 1. The first kappa shape index (κ1) is 23.1. The molecule has 0 saturated carbocycles. The number of carbonyl (C=O) groups excluding carboxylic acids is 1. The van der Waals surface area contributed by atoms with E-state index in [1.165, 1.54) is 23.2 Å². The summed E-state index contributed by atoms with van der Waals surface area (Å²) in [5.41, 5.74) is -0.485. The third-order valence-electron chi connectivity index (χ3n) is 6.67. The van der Waals surface area contributed by atoms with Crippen LogP contribution in [0.2, 0.25) is 0 Å². The van der Waals surface area contributed by atoms with E-state index in [0.717, 1.165) is 25.8 Å². The highest BCUT2D eigenvalue weighted by Crippen LogP contribution is 2.36. The van der Waals surface area contributed by atoms with E-state index in [1.54, 1.807) is 19.1 Å². The average molecular weight is 532 g/mol. The Hall–Kier alpha value is -2.69. The second-order valence-electron chi connectivity index (χ2n) is 9.05. The fourth-order valence-electron chi connectivity index (χ4n) is 4.76. The lowest BCUT2D eigenvalue weighted by Gasteiger charge is -2.51. The SMILES string of the molecule is Cc1cnnc2c(F)c(Nc3ccc(Br)cc3F)c(C(=O)N3CC(O)([C@@H]4CCCCN4)C3)cc12. The van der Waals surface area contributed by atoms with Crippen LogP contribution in [0.15, 0.2) is 34.9 Å². The van der Waals surface area contributed by atoms with Crippen molar-refractivity contribution < 1.29 is 18.7 Å². The number of aryl methyl sites for hydroxylation is 1. The Morgan fingerprint density at radius 3 is 2.79 bits per heavy atom. The van der Waals surface area contributed by atoms with Crippen LogP contribution in [0.25, 0.3) is 10.9 Å². The molecular formula is C24H24BrF2N5O2. The number of nitrogens with zero attached hydrogens (tertiary/aromatic N) is 3. The van der Waals surface area contributed by atoms with Crippen molar-refractivity contribution >= 4 is 44.1 Å². The predicted octanol–water partition coefficient (Wildman–Crippen LogP) is 4.05. The Balaban J connectivity index is 1.52. The summed E-state index contributed by atoms with van der Waals surface area (Å²) in [5, 5.41) is 25.3. The zero-order valence-corrected chi connectivity index (χ0v) is 20.1. The van der Waals surface area contributed by atoms with Crippen LogP contribution in [0.5, 0.6) is 0 Å². The molecule has 3 heterocycles. The van der Waals surface area contributed by atoms with Gasteiger partial charge < -0.3 is 20.6 Å². The zero-order valence-electron chi connectivity index (χ0n) is 18.5. The summed E-state index contributed by atoms with van der Waals surface area (Å²) >= 11 is 3.20. The lowest BCUT2D eigenvalue weighted by molar-refractivity contribution is -0.108. The van der Waals surface area contributed by atoms with Crippen molar-refractivity contribution in [3.8, 4) is 0 Å². The van der Waals surface area contributed by atoms with Crippen LogP contribution in [0.1, 0.15) is 35.2 Å². The minimum atomic E-state index is -1.02. The van der Waals surface area contributed by atoms with Gasteiger partial charge in [-0.1, -0.05) is 22.4 Å². The molecule has 5 rings (SSSR count). The van der Waals surface area contributed by atoms with Gasteiger partial charge in [0.25, 0.3) is 5.91 Å². The number of aromatic nitrogens is 2. The molecular weight excluding hydrogens is 508 g/mol. The number of nitrogens with one attached hydrogen (secondary N) is 2. The standard InChI is InChI=1S/C24H24BrF2N5O2/c1-13-10-29-31-22-15(13)9-16(21(20(22)27)30-18-6-5-14(25)8-17(18)26)23(33)32-11-24(34,12-32)19-4-2-3-7-28-19/h5-6,8-10,19,28,30,34H,2-4,7,11-12H2,1H3/t19-/m0/s1. The zero-order chi connectivity index (χ0) is 24.0. The lowest BCUT2D eigenvalue weighted by Crippen LogP contribution is -2.72. The maximum absolute atomic E-state index is 15.7. The van der Waals surface area contributed by atoms with Gasteiger partial charge in [0.15, 0.2) is 5.82 Å². The van der Waals surface area contributed by atoms with Gasteiger partial charge in [0.2, 0.25) is 0 Å². The smallest absolute Gasteiger partial charge is 0.256 e. The monoisotopic (exact) mass is 531 g/mol. The fraction of sp³-hybridized carbons (Fsp3) is 0.375. The van der Waals surface area contributed by atoms with Gasteiger partial charge in [-0.05, 0) is 56.1 Å². The Kier molecular flexibility index (Phi) is 5.99. The van der Waals surface area contributed by atoms with Crippen molar-refractivity contribution in [2.45, 2.75) is 37.8 Å². The number of anilines is 2. The van der Waals surface area contributed by atoms with Gasteiger partial charge in [-0.3, -0.25) is 4.79 Å². The Labute approximate surface area is 203 Å². The van der Waals surface area contributed by atoms with E-state index >= 15 is 4.39 Å². The summed E-state index contributed by atoms with van der Waals surface area (Å²) < 4.78 is 30.7. The van der Waals surface area contributed by atoms with E-state index in [0.29, 0.717) is 15.4 Å². The molecule has 0 radical (unpaired) electrons. The maximum atomic E-state index is 15.7. The molecule has 0 aliphatic carbocycles. The Bertz CT molecular complexity index is 1280. The molecule has 3 aromatic rings. The van der Waals surface area contributed by atoms with Crippen molar-refractivity contribution in [1.82, 2.24) is 20.4 Å². The van der Waals surface area contributed by atoms with Crippen molar-refractivity contribution in [1.29, 1.82) is 0 Å². The number of likely N-dealkylation sites (tertiary alicyclic amines) is 1. The van der Waals surface area contributed by atoms with Crippen LogP contribution >= 0.6 is 15.9 Å². The van der Waals surface area contributed by atoms with Crippen LogP contribution in [0.4, 0.5) is 20.2 Å². The first-order valence-corrected chi connectivity index (χ1v) is 12.0. The molecule has 34 heavy (non-hydrogen) atoms. The topological polar surface area (TPSA) is 90.4 Å². The van der Waals surface area contributed by atoms with Crippen molar-refractivity contribution in [2.24, 2.45) is 0 Å². The fourth-order valence-corrected chi connectivity index (χ4v) is 5.09. The Morgan fingerprint density at radius 1 is 1.29 bits per heavy atom. The minimum absolute atomic E-state index is 0.0110. The highest BCUT2D eigenvalue weighted by Gasteiger charge is 2.49. The summed E-state index contributed by atoms with van der Waals surface area (Å²) in [6.45, 7) is 2.87. The van der Waals surface area contributed by atoms with E-state index in [9.17, 15) is 14.3 Å². The Morgan fingerprint density at radius 2 is 2.09 bits per heavy atom. The molecule has 0 bridgehead atoms. The van der Waals surface area contributed by atoms with Crippen LogP contribution in [-0.2, 0) is 0 Å². The average Bonchev–Trinajstić information content (AvgIpc) is 2.80. The third kappa shape index (κ3) is 4.03. The lowest BCUT2D eigenvalue weighted by atomic mass is 9.81. The molecule has 2 saturated heterocycles. The summed E-state index contributed by atoms with van der Waals surface area (Å²) in [7, 11) is 0. The number of hydrogen-bond donors (Lipinski definition) is 3. The van der Waals surface area contributed by atoms with Crippen LogP contribution in [-0.4, -0.2) is 57.4 Å². The van der Waals surface area contributed by atoms with Gasteiger partial charge in [0.1, 0.15) is 16.9 Å². The van der Waals surface area contributed by atoms with E-state index in [4.69, 9.17) is 0 Å². The van der Waals surface area contributed by atoms with Crippen LogP contribution in [0, 0.1) is 18.6 Å². The number of hydrogen-bond acceptors (Lipinski definition) is 6. The number of β-amino-alcohol motifs (C(OH)–C–C–N with tert-alkyl or cyclic N) is 1. The molecule has 2 aliphatic rings.